The van der Waals surface area contributed by atoms with E-state index in [0.29, 0.717) is 26.4 Å². The molecule has 122 valence electrons. The lowest BCUT2D eigenvalue weighted by Gasteiger charge is -2.19. The van der Waals surface area contributed by atoms with E-state index in [9.17, 15) is 0 Å². The normalized spacial score (nSPS) is 11.4. The summed E-state index contributed by atoms with van der Waals surface area (Å²) in [5, 5.41) is 0. The Bertz CT molecular complexity index is 185. The van der Waals surface area contributed by atoms with E-state index in [4.69, 9.17) is 25.8 Å². The summed E-state index contributed by atoms with van der Waals surface area (Å²) in [6.45, 7) is 11.6. The minimum absolute atomic E-state index is 0.644. The Morgan fingerprint density at radius 2 is 1.35 bits per heavy atom. The number of rotatable bonds is 16. The lowest BCUT2D eigenvalue weighted by atomic mass is 10.4. The molecule has 0 aliphatic carbocycles. The van der Waals surface area contributed by atoms with Crippen LogP contribution in [0.2, 0.25) is 0 Å². The van der Waals surface area contributed by atoms with E-state index in [-0.39, 0.29) is 0 Å². The number of hydrogen-bond donors (Lipinski definition) is 0. The van der Waals surface area contributed by atoms with Gasteiger partial charge in [0.05, 0.1) is 33.0 Å². The van der Waals surface area contributed by atoms with Crippen LogP contribution >= 0.6 is 11.6 Å². The van der Waals surface area contributed by atoms with Crippen molar-refractivity contribution in [1.29, 1.82) is 0 Å². The summed E-state index contributed by atoms with van der Waals surface area (Å²) >= 11 is 5.69. The second kappa shape index (κ2) is 17.2. The molecule has 0 bridgehead atoms. The van der Waals surface area contributed by atoms with Crippen molar-refractivity contribution in [3.63, 3.8) is 0 Å². The number of alkyl halides is 1. The van der Waals surface area contributed by atoms with Gasteiger partial charge in [-0.2, -0.15) is 0 Å². The molecule has 0 N–H and O–H groups in total. The molecule has 0 spiro atoms. The molecule has 0 unspecified atom stereocenters. The van der Waals surface area contributed by atoms with E-state index < -0.39 is 0 Å². The number of halogens is 1. The average molecular weight is 310 g/mol. The molecule has 0 aliphatic heterocycles. The molecule has 0 radical (unpaired) electrons. The van der Waals surface area contributed by atoms with Crippen molar-refractivity contribution in [2.24, 2.45) is 0 Å². The Kier molecular flexibility index (Phi) is 17.3. The first-order valence-electron chi connectivity index (χ1n) is 7.86. The van der Waals surface area contributed by atoms with Gasteiger partial charge in [0.15, 0.2) is 0 Å². The summed E-state index contributed by atoms with van der Waals surface area (Å²) < 4.78 is 16.4. The number of ether oxygens (including phenoxy) is 3. The highest BCUT2D eigenvalue weighted by atomic mass is 35.5. The zero-order chi connectivity index (χ0) is 14.9. The molecule has 0 aromatic carbocycles. The van der Waals surface area contributed by atoms with Crippen LogP contribution in [0.4, 0.5) is 0 Å². The first-order valence-corrected chi connectivity index (χ1v) is 8.40. The van der Waals surface area contributed by atoms with Gasteiger partial charge in [0, 0.05) is 19.0 Å². The number of likely N-dealkylation sites (N-methyl/N-ethyl adjacent to an activating group) is 1. The molecule has 0 rings (SSSR count). The quantitative estimate of drug-likeness (QED) is 0.324. The van der Waals surface area contributed by atoms with Crippen LogP contribution in [0.15, 0.2) is 0 Å². The third kappa shape index (κ3) is 14.5. The van der Waals surface area contributed by atoms with E-state index in [1.54, 1.807) is 0 Å². The Morgan fingerprint density at radius 1 is 0.750 bits per heavy atom. The molecule has 5 heteroatoms. The summed E-state index contributed by atoms with van der Waals surface area (Å²) in [6, 6.07) is 0. The van der Waals surface area contributed by atoms with Crippen LogP contribution in [-0.4, -0.2) is 70.1 Å². The van der Waals surface area contributed by atoms with E-state index in [0.717, 1.165) is 51.6 Å². The Hall–Kier alpha value is 0.130. The highest BCUT2D eigenvalue weighted by Gasteiger charge is 2.01. The van der Waals surface area contributed by atoms with Gasteiger partial charge in [-0.15, -0.1) is 11.6 Å². The maximum atomic E-state index is 5.69. The van der Waals surface area contributed by atoms with Crippen LogP contribution in [-0.2, 0) is 14.2 Å². The van der Waals surface area contributed by atoms with Crippen LogP contribution in [0.5, 0.6) is 0 Å². The van der Waals surface area contributed by atoms with Gasteiger partial charge in [0.1, 0.15) is 0 Å². The number of unbranched alkanes of at least 4 members (excludes halogenated alkanes) is 1. The number of nitrogens with zero attached hydrogens (tertiary/aromatic N) is 1. The highest BCUT2D eigenvalue weighted by molar-refractivity contribution is 6.17. The Morgan fingerprint density at radius 3 is 1.90 bits per heavy atom. The van der Waals surface area contributed by atoms with Gasteiger partial charge in [0.25, 0.3) is 0 Å². The standard InChI is InChI=1S/C15H32ClNO3/c1-3-5-10-18-12-14-20-15-13-19-11-9-17(4-2)8-6-7-16/h3-15H2,1-2H3. The van der Waals surface area contributed by atoms with Crippen LogP contribution in [0.1, 0.15) is 33.1 Å². The van der Waals surface area contributed by atoms with E-state index in [1.165, 1.54) is 6.42 Å². The van der Waals surface area contributed by atoms with Gasteiger partial charge < -0.3 is 19.1 Å². The van der Waals surface area contributed by atoms with Crippen molar-refractivity contribution >= 4 is 11.6 Å². The molecule has 4 nitrogen and oxygen atoms in total. The van der Waals surface area contributed by atoms with E-state index >= 15 is 0 Å². The van der Waals surface area contributed by atoms with Crippen LogP contribution < -0.4 is 0 Å². The van der Waals surface area contributed by atoms with Crippen molar-refractivity contribution in [1.82, 2.24) is 4.90 Å². The van der Waals surface area contributed by atoms with Gasteiger partial charge in [0.2, 0.25) is 0 Å². The molecule has 0 atom stereocenters. The fraction of sp³-hybridized carbons (Fsp3) is 1.00. The third-order valence-electron chi connectivity index (χ3n) is 2.99. The first kappa shape index (κ1) is 20.1. The van der Waals surface area contributed by atoms with Gasteiger partial charge >= 0.3 is 0 Å². The minimum atomic E-state index is 0.644. The first-order chi connectivity index (χ1) is 9.85. The zero-order valence-corrected chi connectivity index (χ0v) is 14.0. The molecule has 0 amide bonds. The molecule has 0 heterocycles. The molecular formula is C15H32ClNO3. The van der Waals surface area contributed by atoms with Crippen molar-refractivity contribution in [3.8, 4) is 0 Å². The molecule has 20 heavy (non-hydrogen) atoms. The zero-order valence-electron chi connectivity index (χ0n) is 13.2. The molecule has 0 saturated carbocycles. The fourth-order valence-corrected chi connectivity index (χ4v) is 1.81. The van der Waals surface area contributed by atoms with Crippen LogP contribution in [0, 0.1) is 0 Å². The Labute approximate surface area is 129 Å². The predicted octanol–water partition coefficient (Wildman–Crippen LogP) is 2.79. The predicted molar refractivity (Wildman–Crippen MR) is 84.8 cm³/mol. The minimum Gasteiger partial charge on any atom is -0.379 e. The maximum absolute atomic E-state index is 5.69. The molecular weight excluding hydrogens is 278 g/mol. The van der Waals surface area contributed by atoms with E-state index in [1.807, 2.05) is 0 Å². The SMILES string of the molecule is CCCCOCCOCCOCCN(CC)CCCCl. The monoisotopic (exact) mass is 309 g/mol. The smallest absolute Gasteiger partial charge is 0.0701 e. The fourth-order valence-electron chi connectivity index (χ4n) is 1.69. The molecule has 0 aromatic heterocycles. The average Bonchev–Trinajstić information content (AvgIpc) is 2.48. The van der Waals surface area contributed by atoms with Crippen molar-refractivity contribution in [2.75, 3.05) is 65.2 Å². The molecule has 0 fully saturated rings. The van der Waals surface area contributed by atoms with Crippen molar-refractivity contribution in [3.05, 3.63) is 0 Å². The largest absolute Gasteiger partial charge is 0.379 e. The summed E-state index contributed by atoms with van der Waals surface area (Å²) in [5.74, 6) is 0.728. The van der Waals surface area contributed by atoms with Crippen molar-refractivity contribution in [2.45, 2.75) is 33.1 Å². The van der Waals surface area contributed by atoms with Crippen LogP contribution in [0.3, 0.4) is 0 Å². The number of hydrogen-bond acceptors (Lipinski definition) is 4. The Balaban J connectivity index is 3.15. The van der Waals surface area contributed by atoms with Crippen molar-refractivity contribution < 1.29 is 14.2 Å². The van der Waals surface area contributed by atoms with Gasteiger partial charge in [-0.1, -0.05) is 20.3 Å². The highest BCUT2D eigenvalue weighted by Crippen LogP contribution is 1.93. The summed E-state index contributed by atoms with van der Waals surface area (Å²) in [4.78, 5) is 2.35. The lowest BCUT2D eigenvalue weighted by Crippen LogP contribution is -2.29. The second-order valence-corrected chi connectivity index (χ2v) is 5.05. The summed E-state index contributed by atoms with van der Waals surface area (Å²) in [6.07, 6.45) is 3.34. The topological polar surface area (TPSA) is 30.9 Å². The van der Waals surface area contributed by atoms with Gasteiger partial charge in [-0.05, 0) is 25.9 Å². The molecule has 0 aliphatic rings. The maximum Gasteiger partial charge on any atom is 0.0701 e. The van der Waals surface area contributed by atoms with Crippen LogP contribution in [0.25, 0.3) is 0 Å². The second-order valence-electron chi connectivity index (χ2n) is 4.67. The van der Waals surface area contributed by atoms with Gasteiger partial charge in [-0.3, -0.25) is 0 Å². The lowest BCUT2D eigenvalue weighted by molar-refractivity contribution is 0.0104. The summed E-state index contributed by atoms with van der Waals surface area (Å²) in [7, 11) is 0. The van der Waals surface area contributed by atoms with Gasteiger partial charge in [-0.25, -0.2) is 0 Å². The molecule has 0 aromatic rings. The molecule has 0 saturated heterocycles. The third-order valence-corrected chi connectivity index (χ3v) is 3.26. The summed E-state index contributed by atoms with van der Waals surface area (Å²) in [5.41, 5.74) is 0. The van der Waals surface area contributed by atoms with E-state index in [2.05, 4.69) is 18.7 Å².